The van der Waals surface area contributed by atoms with Gasteiger partial charge in [0, 0.05) is 20.2 Å². The van der Waals surface area contributed by atoms with Gasteiger partial charge in [-0.25, -0.2) is 0 Å². The van der Waals surface area contributed by atoms with Crippen LogP contribution in [-0.2, 0) is 5.41 Å². The zero-order valence-corrected chi connectivity index (χ0v) is 17.9. The van der Waals surface area contributed by atoms with E-state index in [1.807, 2.05) is 11.3 Å². The molecule has 1 heteroatoms. The van der Waals surface area contributed by atoms with Crippen molar-refractivity contribution in [3.05, 3.63) is 96.6 Å². The molecule has 0 aliphatic carbocycles. The first kappa shape index (κ1) is 18.1. The standard InChI is InChI=1S/C28H24S/c1-28(2,3)22-16-17-25-24(18-22)27-23(10-7-11-26(27)29-25)21-14-12-20(13-15-21)19-8-5-4-6-9-19/h4-18H,1-3H3. The Hall–Kier alpha value is -2.90. The molecule has 0 aliphatic rings. The molecule has 0 radical (unpaired) electrons. The Kier molecular flexibility index (Phi) is 4.29. The lowest BCUT2D eigenvalue weighted by Crippen LogP contribution is -2.10. The van der Waals surface area contributed by atoms with Crippen LogP contribution in [-0.4, -0.2) is 0 Å². The largest absolute Gasteiger partial charge is 0.135 e. The fourth-order valence-corrected chi connectivity index (χ4v) is 5.12. The summed E-state index contributed by atoms with van der Waals surface area (Å²) in [6.07, 6.45) is 0. The van der Waals surface area contributed by atoms with Crippen molar-refractivity contribution in [2.24, 2.45) is 0 Å². The zero-order valence-electron chi connectivity index (χ0n) is 17.1. The quantitative estimate of drug-likeness (QED) is 0.282. The fourth-order valence-electron chi connectivity index (χ4n) is 4.01. The summed E-state index contributed by atoms with van der Waals surface area (Å²) in [5.41, 5.74) is 6.64. The van der Waals surface area contributed by atoms with Crippen LogP contribution in [0.4, 0.5) is 0 Å². The minimum absolute atomic E-state index is 0.148. The summed E-state index contributed by atoms with van der Waals surface area (Å²) < 4.78 is 2.72. The highest BCUT2D eigenvalue weighted by Gasteiger charge is 2.17. The highest BCUT2D eigenvalue weighted by Crippen LogP contribution is 2.41. The van der Waals surface area contributed by atoms with Crippen molar-refractivity contribution in [3.8, 4) is 22.3 Å². The summed E-state index contributed by atoms with van der Waals surface area (Å²) >= 11 is 1.89. The predicted octanol–water partition coefficient (Wildman–Crippen LogP) is 8.69. The first-order valence-electron chi connectivity index (χ1n) is 10.1. The molecule has 0 unspecified atom stereocenters. The SMILES string of the molecule is CC(C)(C)c1ccc2sc3cccc(-c4ccc(-c5ccccc5)cc4)c3c2c1. The van der Waals surface area contributed by atoms with Crippen LogP contribution in [0.2, 0.25) is 0 Å². The first-order chi connectivity index (χ1) is 14.0. The topological polar surface area (TPSA) is 0 Å². The van der Waals surface area contributed by atoms with Crippen LogP contribution in [0.5, 0.6) is 0 Å². The average molecular weight is 393 g/mol. The third-order valence-corrected chi connectivity index (χ3v) is 6.80. The predicted molar refractivity (Wildman–Crippen MR) is 129 cm³/mol. The Balaban J connectivity index is 1.68. The van der Waals surface area contributed by atoms with E-state index in [9.17, 15) is 0 Å². The molecule has 0 N–H and O–H groups in total. The Morgan fingerprint density at radius 2 is 1.28 bits per heavy atom. The molecule has 1 heterocycles. The van der Waals surface area contributed by atoms with Gasteiger partial charge in [-0.2, -0.15) is 0 Å². The second-order valence-electron chi connectivity index (χ2n) is 8.69. The van der Waals surface area contributed by atoms with Crippen LogP contribution in [0.3, 0.4) is 0 Å². The molecule has 0 nitrogen and oxygen atoms in total. The fraction of sp³-hybridized carbons (Fsp3) is 0.143. The van der Waals surface area contributed by atoms with Crippen LogP contribution in [0, 0.1) is 0 Å². The second kappa shape index (κ2) is 6.86. The molecule has 4 aromatic carbocycles. The van der Waals surface area contributed by atoms with Crippen molar-refractivity contribution < 1.29 is 0 Å². The van der Waals surface area contributed by atoms with Gasteiger partial charge in [0.25, 0.3) is 0 Å². The van der Waals surface area contributed by atoms with E-state index < -0.39 is 0 Å². The van der Waals surface area contributed by atoms with E-state index in [-0.39, 0.29) is 5.41 Å². The average Bonchev–Trinajstić information content (AvgIpc) is 3.12. The molecule has 142 valence electrons. The van der Waals surface area contributed by atoms with Gasteiger partial charge in [-0.05, 0) is 51.4 Å². The van der Waals surface area contributed by atoms with Crippen LogP contribution in [0.15, 0.2) is 91.0 Å². The molecule has 0 bridgehead atoms. The summed E-state index contributed by atoms with van der Waals surface area (Å²) in [5.74, 6) is 0. The molecular weight excluding hydrogens is 368 g/mol. The lowest BCUT2D eigenvalue weighted by atomic mass is 9.86. The highest BCUT2D eigenvalue weighted by molar-refractivity contribution is 7.25. The van der Waals surface area contributed by atoms with Crippen molar-refractivity contribution in [3.63, 3.8) is 0 Å². The maximum Gasteiger partial charge on any atom is 0.0361 e. The number of fused-ring (bicyclic) bond motifs is 3. The molecule has 5 aromatic rings. The van der Waals surface area contributed by atoms with E-state index >= 15 is 0 Å². The Bertz CT molecular complexity index is 1300. The second-order valence-corrected chi connectivity index (χ2v) is 9.77. The molecule has 0 saturated heterocycles. The maximum absolute atomic E-state index is 2.40. The number of benzene rings is 4. The zero-order chi connectivity index (χ0) is 20.0. The van der Waals surface area contributed by atoms with E-state index in [4.69, 9.17) is 0 Å². The van der Waals surface area contributed by atoms with E-state index in [2.05, 4.69) is 112 Å². The molecular formula is C28H24S. The van der Waals surface area contributed by atoms with Gasteiger partial charge in [0.1, 0.15) is 0 Å². The molecule has 29 heavy (non-hydrogen) atoms. The normalized spacial score (nSPS) is 12.0. The van der Waals surface area contributed by atoms with Crippen molar-refractivity contribution in [1.29, 1.82) is 0 Å². The van der Waals surface area contributed by atoms with Gasteiger partial charge >= 0.3 is 0 Å². The molecule has 0 fully saturated rings. The van der Waals surface area contributed by atoms with Crippen LogP contribution in [0.1, 0.15) is 26.3 Å². The van der Waals surface area contributed by atoms with Crippen LogP contribution < -0.4 is 0 Å². The lowest BCUT2D eigenvalue weighted by Gasteiger charge is -2.19. The minimum Gasteiger partial charge on any atom is -0.135 e. The van der Waals surface area contributed by atoms with Gasteiger partial charge in [0.15, 0.2) is 0 Å². The number of thiophene rings is 1. The van der Waals surface area contributed by atoms with Crippen molar-refractivity contribution in [1.82, 2.24) is 0 Å². The van der Waals surface area contributed by atoms with E-state index in [1.165, 1.54) is 48.0 Å². The van der Waals surface area contributed by atoms with Crippen LogP contribution >= 0.6 is 11.3 Å². The van der Waals surface area contributed by atoms with E-state index in [1.54, 1.807) is 0 Å². The van der Waals surface area contributed by atoms with Gasteiger partial charge in [-0.1, -0.05) is 93.6 Å². The van der Waals surface area contributed by atoms with Crippen molar-refractivity contribution >= 4 is 31.5 Å². The Morgan fingerprint density at radius 3 is 2.00 bits per heavy atom. The van der Waals surface area contributed by atoms with E-state index in [0.29, 0.717) is 0 Å². The van der Waals surface area contributed by atoms with E-state index in [0.717, 1.165) is 0 Å². The number of rotatable bonds is 2. The summed E-state index contributed by atoms with van der Waals surface area (Å²) in [5, 5.41) is 2.76. The summed E-state index contributed by atoms with van der Waals surface area (Å²) in [6, 6.07) is 33.2. The smallest absolute Gasteiger partial charge is 0.0361 e. The summed E-state index contributed by atoms with van der Waals surface area (Å²) in [7, 11) is 0. The van der Waals surface area contributed by atoms with Crippen molar-refractivity contribution in [2.75, 3.05) is 0 Å². The van der Waals surface area contributed by atoms with Gasteiger partial charge < -0.3 is 0 Å². The van der Waals surface area contributed by atoms with Gasteiger partial charge in [0.2, 0.25) is 0 Å². The van der Waals surface area contributed by atoms with Gasteiger partial charge in [-0.3, -0.25) is 0 Å². The summed E-state index contributed by atoms with van der Waals surface area (Å²) in [4.78, 5) is 0. The highest BCUT2D eigenvalue weighted by atomic mass is 32.1. The Labute approximate surface area is 176 Å². The molecule has 5 rings (SSSR count). The molecule has 0 amide bonds. The number of hydrogen-bond acceptors (Lipinski definition) is 1. The van der Waals surface area contributed by atoms with Gasteiger partial charge in [0.05, 0.1) is 0 Å². The summed E-state index contributed by atoms with van der Waals surface area (Å²) in [6.45, 7) is 6.85. The molecule has 0 saturated carbocycles. The van der Waals surface area contributed by atoms with Gasteiger partial charge in [-0.15, -0.1) is 11.3 Å². The number of hydrogen-bond donors (Lipinski definition) is 0. The minimum atomic E-state index is 0.148. The molecule has 0 atom stereocenters. The van der Waals surface area contributed by atoms with Crippen molar-refractivity contribution in [2.45, 2.75) is 26.2 Å². The molecule has 1 aromatic heterocycles. The lowest BCUT2D eigenvalue weighted by molar-refractivity contribution is 0.591. The molecule has 0 spiro atoms. The third kappa shape index (κ3) is 3.26. The Morgan fingerprint density at radius 1 is 0.586 bits per heavy atom. The molecule has 0 aliphatic heterocycles. The third-order valence-electron chi connectivity index (χ3n) is 5.66. The van der Waals surface area contributed by atoms with Crippen LogP contribution in [0.25, 0.3) is 42.4 Å². The maximum atomic E-state index is 2.40. The first-order valence-corrected chi connectivity index (χ1v) is 10.9. The monoisotopic (exact) mass is 392 g/mol.